The van der Waals surface area contributed by atoms with Gasteiger partial charge in [0.1, 0.15) is 5.75 Å². The summed E-state index contributed by atoms with van der Waals surface area (Å²) in [6.45, 7) is 6.33. The fourth-order valence-electron chi connectivity index (χ4n) is 2.65. The molecule has 110 valence electrons. The number of hydrogen-bond donors (Lipinski definition) is 2. The summed E-state index contributed by atoms with van der Waals surface area (Å²) < 4.78 is 0. The third-order valence-electron chi connectivity index (χ3n) is 3.70. The number of likely N-dealkylation sites (tertiary alicyclic amines) is 1. The van der Waals surface area contributed by atoms with E-state index in [1.165, 1.54) is 5.56 Å². The molecule has 1 aromatic rings. The number of phenolic OH excluding ortho intramolecular Hbond substituents is 1. The predicted molar refractivity (Wildman–Crippen MR) is 79.5 cm³/mol. The van der Waals surface area contributed by atoms with Gasteiger partial charge in [0.25, 0.3) is 0 Å². The highest BCUT2D eigenvalue weighted by Gasteiger charge is 2.27. The predicted octanol–water partition coefficient (Wildman–Crippen LogP) is 2.30. The Morgan fingerprint density at radius 3 is 2.75 bits per heavy atom. The Bertz CT molecular complexity index is 442. The summed E-state index contributed by atoms with van der Waals surface area (Å²) in [5, 5.41) is 12.3. The Balaban J connectivity index is 1.93. The zero-order valence-electron chi connectivity index (χ0n) is 12.3. The minimum atomic E-state index is 0.101. The fraction of sp³-hybridized carbons (Fsp3) is 0.562. The van der Waals surface area contributed by atoms with Crippen molar-refractivity contribution < 1.29 is 9.90 Å². The summed E-state index contributed by atoms with van der Waals surface area (Å²) in [5.74, 6) is 0.864. The number of hydrogen-bond acceptors (Lipinski definition) is 3. The van der Waals surface area contributed by atoms with Gasteiger partial charge in [-0.1, -0.05) is 26.0 Å². The lowest BCUT2D eigenvalue weighted by Crippen LogP contribution is -2.38. The van der Waals surface area contributed by atoms with Gasteiger partial charge in [-0.05, 0) is 43.0 Å². The van der Waals surface area contributed by atoms with Crippen molar-refractivity contribution in [2.75, 3.05) is 19.6 Å². The van der Waals surface area contributed by atoms with Crippen LogP contribution >= 0.6 is 0 Å². The van der Waals surface area contributed by atoms with Crippen molar-refractivity contribution >= 4 is 5.91 Å². The van der Waals surface area contributed by atoms with Crippen LogP contribution in [0.2, 0.25) is 0 Å². The second kappa shape index (κ2) is 6.75. The van der Waals surface area contributed by atoms with E-state index in [9.17, 15) is 9.90 Å². The summed E-state index contributed by atoms with van der Waals surface area (Å²) >= 11 is 0. The summed E-state index contributed by atoms with van der Waals surface area (Å²) in [7, 11) is 0. The largest absolute Gasteiger partial charge is 0.508 e. The molecule has 1 aromatic carbocycles. The molecule has 0 aromatic heterocycles. The van der Waals surface area contributed by atoms with Gasteiger partial charge in [-0.15, -0.1) is 0 Å². The number of carbonyl (C=O) groups is 1. The average molecular weight is 276 g/mol. The van der Waals surface area contributed by atoms with Crippen molar-refractivity contribution in [3.63, 3.8) is 0 Å². The Kier molecular flexibility index (Phi) is 5.01. The van der Waals surface area contributed by atoms with Gasteiger partial charge in [0.2, 0.25) is 5.91 Å². The van der Waals surface area contributed by atoms with Gasteiger partial charge in [0.05, 0.1) is 6.54 Å². The number of nitrogens with one attached hydrogen (secondary N) is 1. The zero-order chi connectivity index (χ0) is 14.5. The number of benzene rings is 1. The van der Waals surface area contributed by atoms with Crippen LogP contribution in [0, 0.1) is 5.92 Å². The first-order chi connectivity index (χ1) is 9.56. The molecule has 1 amide bonds. The molecular formula is C16H24N2O2. The molecule has 0 aliphatic carbocycles. The van der Waals surface area contributed by atoms with Gasteiger partial charge < -0.3 is 10.4 Å². The lowest BCUT2D eigenvalue weighted by Gasteiger charge is -2.24. The molecule has 0 saturated carbocycles. The highest BCUT2D eigenvalue weighted by atomic mass is 16.3. The second-order valence-electron chi connectivity index (χ2n) is 5.92. The molecule has 1 fully saturated rings. The molecule has 1 saturated heterocycles. The van der Waals surface area contributed by atoms with Crippen molar-refractivity contribution in [2.45, 2.75) is 32.7 Å². The SMILES string of the molecule is CC(C)CNC(=O)CN1CCCC1c1ccc(O)cc1. The molecule has 1 aliphatic rings. The number of rotatable bonds is 5. The van der Waals surface area contributed by atoms with Gasteiger partial charge in [-0.25, -0.2) is 0 Å². The van der Waals surface area contributed by atoms with E-state index >= 15 is 0 Å². The zero-order valence-corrected chi connectivity index (χ0v) is 12.3. The maximum absolute atomic E-state index is 11.9. The highest BCUT2D eigenvalue weighted by molar-refractivity contribution is 5.78. The van der Waals surface area contributed by atoms with Crippen LogP contribution in [0.25, 0.3) is 0 Å². The van der Waals surface area contributed by atoms with Crippen LogP contribution in [0.15, 0.2) is 24.3 Å². The van der Waals surface area contributed by atoms with Gasteiger partial charge >= 0.3 is 0 Å². The van der Waals surface area contributed by atoms with E-state index in [1.54, 1.807) is 12.1 Å². The quantitative estimate of drug-likeness (QED) is 0.867. The molecule has 1 unspecified atom stereocenters. The van der Waals surface area contributed by atoms with E-state index < -0.39 is 0 Å². The van der Waals surface area contributed by atoms with E-state index in [1.807, 2.05) is 12.1 Å². The fourth-order valence-corrected chi connectivity index (χ4v) is 2.65. The lowest BCUT2D eigenvalue weighted by molar-refractivity contribution is -0.122. The maximum atomic E-state index is 11.9. The van der Waals surface area contributed by atoms with Crippen LogP contribution in [-0.2, 0) is 4.79 Å². The van der Waals surface area contributed by atoms with Gasteiger partial charge in [-0.3, -0.25) is 9.69 Å². The van der Waals surface area contributed by atoms with Crippen molar-refractivity contribution in [3.05, 3.63) is 29.8 Å². The van der Waals surface area contributed by atoms with Gasteiger partial charge in [-0.2, -0.15) is 0 Å². The first kappa shape index (κ1) is 14.9. The summed E-state index contributed by atoms with van der Waals surface area (Å²) in [4.78, 5) is 14.2. The first-order valence-electron chi connectivity index (χ1n) is 7.36. The Morgan fingerprint density at radius 2 is 2.10 bits per heavy atom. The van der Waals surface area contributed by atoms with Crippen molar-refractivity contribution in [1.82, 2.24) is 10.2 Å². The molecule has 0 radical (unpaired) electrons. The normalized spacial score (nSPS) is 19.4. The number of phenols is 1. The number of nitrogens with zero attached hydrogens (tertiary/aromatic N) is 1. The minimum absolute atomic E-state index is 0.101. The molecule has 1 aliphatic heterocycles. The number of aromatic hydroxyl groups is 1. The van der Waals surface area contributed by atoms with E-state index in [-0.39, 0.29) is 11.7 Å². The topological polar surface area (TPSA) is 52.6 Å². The molecule has 20 heavy (non-hydrogen) atoms. The number of carbonyl (C=O) groups excluding carboxylic acids is 1. The van der Waals surface area contributed by atoms with Crippen molar-refractivity contribution in [1.29, 1.82) is 0 Å². The number of amides is 1. The Morgan fingerprint density at radius 1 is 1.40 bits per heavy atom. The third kappa shape index (κ3) is 3.97. The smallest absolute Gasteiger partial charge is 0.234 e. The summed E-state index contributed by atoms with van der Waals surface area (Å²) in [6, 6.07) is 7.62. The van der Waals surface area contributed by atoms with Crippen molar-refractivity contribution in [2.24, 2.45) is 5.92 Å². The second-order valence-corrected chi connectivity index (χ2v) is 5.92. The monoisotopic (exact) mass is 276 g/mol. The van der Waals surface area contributed by atoms with E-state index in [4.69, 9.17) is 0 Å². The standard InChI is InChI=1S/C16H24N2O2/c1-12(2)10-17-16(20)11-18-9-3-4-15(18)13-5-7-14(19)8-6-13/h5-8,12,15,19H,3-4,9-11H2,1-2H3,(H,17,20). The van der Waals surface area contributed by atoms with E-state index in [0.29, 0.717) is 18.5 Å². The average Bonchev–Trinajstić information content (AvgIpc) is 2.85. The van der Waals surface area contributed by atoms with E-state index in [0.717, 1.165) is 25.9 Å². The Labute approximate surface area is 120 Å². The van der Waals surface area contributed by atoms with E-state index in [2.05, 4.69) is 24.1 Å². The summed E-state index contributed by atoms with van der Waals surface area (Å²) in [6.07, 6.45) is 2.19. The van der Waals surface area contributed by atoms with Gasteiger partial charge in [0.15, 0.2) is 0 Å². The van der Waals surface area contributed by atoms with Gasteiger partial charge in [0, 0.05) is 12.6 Å². The molecule has 4 nitrogen and oxygen atoms in total. The van der Waals surface area contributed by atoms with Crippen LogP contribution in [0.3, 0.4) is 0 Å². The summed E-state index contributed by atoms with van der Waals surface area (Å²) in [5.41, 5.74) is 1.18. The molecule has 2 rings (SSSR count). The third-order valence-corrected chi connectivity index (χ3v) is 3.70. The molecule has 2 N–H and O–H groups in total. The maximum Gasteiger partial charge on any atom is 0.234 e. The molecule has 0 spiro atoms. The molecule has 4 heteroatoms. The Hall–Kier alpha value is -1.55. The van der Waals surface area contributed by atoms with Crippen LogP contribution in [0.4, 0.5) is 0 Å². The highest BCUT2D eigenvalue weighted by Crippen LogP contribution is 2.32. The van der Waals surface area contributed by atoms with Crippen LogP contribution < -0.4 is 5.32 Å². The van der Waals surface area contributed by atoms with Crippen LogP contribution in [0.1, 0.15) is 38.3 Å². The molecule has 1 heterocycles. The first-order valence-corrected chi connectivity index (χ1v) is 7.36. The molecule has 1 atom stereocenters. The minimum Gasteiger partial charge on any atom is -0.508 e. The van der Waals surface area contributed by atoms with Crippen molar-refractivity contribution in [3.8, 4) is 5.75 Å². The van der Waals surface area contributed by atoms with Crippen LogP contribution in [0.5, 0.6) is 5.75 Å². The van der Waals surface area contributed by atoms with Crippen LogP contribution in [-0.4, -0.2) is 35.5 Å². The molecular weight excluding hydrogens is 252 g/mol. The lowest BCUT2D eigenvalue weighted by atomic mass is 10.0. The molecule has 0 bridgehead atoms.